The number of oxime groups is 1. The Morgan fingerprint density at radius 2 is 1.88 bits per heavy atom. The summed E-state index contributed by atoms with van der Waals surface area (Å²) in [4.78, 5) is 15.0. The zero-order valence-corrected chi connectivity index (χ0v) is 17.2. The normalized spacial score (nSPS) is 11.1. The molecule has 0 aliphatic carbocycles. The zero-order valence-electron chi connectivity index (χ0n) is 14.1. The average molecular weight is 487 g/mol. The summed E-state index contributed by atoms with van der Waals surface area (Å²) >= 11 is 6.90. The largest absolute Gasteiger partial charge is 0.508 e. The lowest BCUT2D eigenvalue weighted by atomic mass is 10.0. The number of phenols is 1. The predicted molar refractivity (Wildman–Crippen MR) is 105 cm³/mol. The third-order valence-electron chi connectivity index (χ3n) is 3.33. The van der Waals surface area contributed by atoms with E-state index in [1.807, 2.05) is 13.8 Å². The molecule has 0 aromatic heterocycles. The monoisotopic (exact) mass is 485 g/mol. The molecule has 6 nitrogen and oxygen atoms in total. The van der Waals surface area contributed by atoms with Crippen LogP contribution >= 0.6 is 31.9 Å². The molecule has 0 saturated carbocycles. The van der Waals surface area contributed by atoms with Gasteiger partial charge in [0.15, 0.2) is 5.75 Å². The van der Waals surface area contributed by atoms with Gasteiger partial charge in [-0.1, -0.05) is 19.0 Å². The quantitative estimate of drug-likeness (QED) is 0.411. The van der Waals surface area contributed by atoms with Gasteiger partial charge in [-0.2, -0.15) is 0 Å². The first-order valence-electron chi connectivity index (χ1n) is 7.65. The maximum absolute atomic E-state index is 10.4. The van der Waals surface area contributed by atoms with Crippen molar-refractivity contribution < 1.29 is 24.6 Å². The molecule has 0 amide bonds. The highest BCUT2D eigenvalue weighted by molar-refractivity contribution is 9.11. The van der Waals surface area contributed by atoms with Crippen LogP contribution in [0.15, 0.2) is 44.4 Å². The Morgan fingerprint density at radius 3 is 2.46 bits per heavy atom. The number of hydrogen-bond donors (Lipinski definition) is 2. The molecule has 0 atom stereocenters. The smallest absolute Gasteiger partial charge is 0.344 e. The summed E-state index contributed by atoms with van der Waals surface area (Å²) in [6, 6.07) is 8.62. The number of aromatic hydroxyl groups is 1. The average Bonchev–Trinajstić information content (AvgIpc) is 2.56. The summed E-state index contributed by atoms with van der Waals surface area (Å²) in [6.07, 6.45) is 1.40. The minimum Gasteiger partial charge on any atom is -0.508 e. The van der Waals surface area contributed by atoms with E-state index in [0.29, 0.717) is 26.0 Å². The number of nitrogens with zero attached hydrogens (tertiary/aromatic N) is 1. The Kier molecular flexibility index (Phi) is 7.05. The molecular formula is C18H17Br2NO5. The number of ether oxygens (including phenoxy) is 1. The SMILES string of the molecule is CC(C)c1cc(Oc2c(Br)cc(C=NOCC(=O)O)cc2Br)ccc1O. The minimum atomic E-state index is -1.09. The molecule has 138 valence electrons. The van der Waals surface area contributed by atoms with Crippen LogP contribution in [0.5, 0.6) is 17.2 Å². The van der Waals surface area contributed by atoms with Crippen molar-refractivity contribution >= 4 is 44.0 Å². The van der Waals surface area contributed by atoms with E-state index in [4.69, 9.17) is 9.84 Å². The molecule has 0 aliphatic heterocycles. The molecule has 0 spiro atoms. The van der Waals surface area contributed by atoms with E-state index in [1.165, 1.54) is 6.21 Å². The van der Waals surface area contributed by atoms with Crippen molar-refractivity contribution in [2.45, 2.75) is 19.8 Å². The van der Waals surface area contributed by atoms with Crippen molar-refractivity contribution in [1.29, 1.82) is 0 Å². The Hall–Kier alpha value is -2.06. The zero-order chi connectivity index (χ0) is 19.3. The third-order valence-corrected chi connectivity index (χ3v) is 4.50. The Bertz CT molecular complexity index is 813. The van der Waals surface area contributed by atoms with Crippen molar-refractivity contribution in [3.05, 3.63) is 50.4 Å². The summed E-state index contributed by atoms with van der Waals surface area (Å²) in [6.45, 7) is 3.48. The van der Waals surface area contributed by atoms with Gasteiger partial charge in [0.1, 0.15) is 11.5 Å². The predicted octanol–water partition coefficient (Wildman–Crippen LogP) is 5.27. The Labute approximate surface area is 167 Å². The molecule has 8 heteroatoms. The van der Waals surface area contributed by atoms with Gasteiger partial charge >= 0.3 is 5.97 Å². The van der Waals surface area contributed by atoms with Crippen molar-refractivity contribution in [2.75, 3.05) is 6.61 Å². The summed E-state index contributed by atoms with van der Waals surface area (Å²) < 4.78 is 7.28. The molecule has 0 bridgehead atoms. The van der Waals surface area contributed by atoms with Gasteiger partial charge < -0.3 is 19.8 Å². The molecular weight excluding hydrogens is 470 g/mol. The topological polar surface area (TPSA) is 88.4 Å². The van der Waals surface area contributed by atoms with E-state index >= 15 is 0 Å². The Morgan fingerprint density at radius 1 is 1.23 bits per heavy atom. The van der Waals surface area contributed by atoms with E-state index in [-0.39, 0.29) is 11.7 Å². The first kappa shape index (κ1) is 20.3. The number of benzene rings is 2. The van der Waals surface area contributed by atoms with E-state index < -0.39 is 12.6 Å². The molecule has 0 aliphatic rings. The highest BCUT2D eigenvalue weighted by Crippen LogP contribution is 2.39. The molecule has 0 unspecified atom stereocenters. The summed E-state index contributed by atoms with van der Waals surface area (Å²) in [7, 11) is 0. The van der Waals surface area contributed by atoms with Crippen LogP contribution in [0.1, 0.15) is 30.9 Å². The van der Waals surface area contributed by atoms with E-state index in [2.05, 4.69) is 41.9 Å². The first-order chi connectivity index (χ1) is 12.3. The highest BCUT2D eigenvalue weighted by Gasteiger charge is 2.12. The van der Waals surface area contributed by atoms with Gasteiger partial charge in [-0.05, 0) is 73.7 Å². The highest BCUT2D eigenvalue weighted by atomic mass is 79.9. The first-order valence-corrected chi connectivity index (χ1v) is 9.23. The van der Waals surface area contributed by atoms with E-state index in [1.54, 1.807) is 30.3 Å². The van der Waals surface area contributed by atoms with Gasteiger partial charge in [-0.25, -0.2) is 4.79 Å². The molecule has 2 N–H and O–H groups in total. The maximum atomic E-state index is 10.4. The lowest BCUT2D eigenvalue weighted by Crippen LogP contribution is -2.03. The van der Waals surface area contributed by atoms with Gasteiger partial charge in [-0.15, -0.1) is 0 Å². The van der Waals surface area contributed by atoms with Gasteiger partial charge in [-0.3, -0.25) is 0 Å². The van der Waals surface area contributed by atoms with Gasteiger partial charge in [0, 0.05) is 5.56 Å². The van der Waals surface area contributed by atoms with Crippen LogP contribution in [0.3, 0.4) is 0 Å². The molecule has 26 heavy (non-hydrogen) atoms. The second-order valence-corrected chi connectivity index (χ2v) is 7.40. The van der Waals surface area contributed by atoms with Crippen molar-refractivity contribution in [3.63, 3.8) is 0 Å². The molecule has 2 rings (SSSR count). The van der Waals surface area contributed by atoms with Crippen LogP contribution in [0.4, 0.5) is 0 Å². The Balaban J connectivity index is 2.21. The number of halogens is 2. The second-order valence-electron chi connectivity index (χ2n) is 5.69. The number of aliphatic carboxylic acids is 1. The number of hydrogen-bond acceptors (Lipinski definition) is 5. The third kappa shape index (κ3) is 5.47. The van der Waals surface area contributed by atoms with Crippen molar-refractivity contribution in [3.8, 4) is 17.2 Å². The molecule has 2 aromatic carbocycles. The minimum absolute atomic E-state index is 0.162. The number of carbonyl (C=O) groups is 1. The lowest BCUT2D eigenvalue weighted by Gasteiger charge is -2.14. The fourth-order valence-corrected chi connectivity index (χ4v) is 3.50. The van der Waals surface area contributed by atoms with Crippen LogP contribution in [0.2, 0.25) is 0 Å². The number of carboxylic acid groups (broad SMARTS) is 1. The number of phenolic OH excluding ortho intramolecular Hbond substituents is 1. The number of rotatable bonds is 7. The van der Waals surface area contributed by atoms with E-state index in [0.717, 1.165) is 5.56 Å². The number of carboxylic acids is 1. The lowest BCUT2D eigenvalue weighted by molar-refractivity contribution is -0.142. The summed E-state index contributed by atoms with van der Waals surface area (Å²) in [5.74, 6) is 0.462. The fourth-order valence-electron chi connectivity index (χ4n) is 2.12. The van der Waals surface area contributed by atoms with E-state index in [9.17, 15) is 9.90 Å². The van der Waals surface area contributed by atoms with Crippen LogP contribution in [-0.2, 0) is 9.63 Å². The summed E-state index contributed by atoms with van der Waals surface area (Å²) in [5.41, 5.74) is 1.49. The molecule has 2 aromatic rings. The molecule has 0 fully saturated rings. The van der Waals surface area contributed by atoms with Gasteiger partial charge in [0.25, 0.3) is 0 Å². The maximum Gasteiger partial charge on any atom is 0.344 e. The second kappa shape index (κ2) is 9.05. The van der Waals surface area contributed by atoms with Crippen LogP contribution in [0.25, 0.3) is 0 Å². The van der Waals surface area contributed by atoms with Gasteiger partial charge in [0.05, 0.1) is 15.2 Å². The van der Waals surface area contributed by atoms with Crippen LogP contribution in [-0.4, -0.2) is 29.0 Å². The fraction of sp³-hybridized carbons (Fsp3) is 0.222. The van der Waals surface area contributed by atoms with Crippen LogP contribution < -0.4 is 4.74 Å². The van der Waals surface area contributed by atoms with Gasteiger partial charge in [0.2, 0.25) is 6.61 Å². The van der Waals surface area contributed by atoms with Crippen molar-refractivity contribution in [2.24, 2.45) is 5.16 Å². The summed E-state index contributed by atoms with van der Waals surface area (Å²) in [5, 5.41) is 22.0. The van der Waals surface area contributed by atoms with Crippen LogP contribution in [0, 0.1) is 0 Å². The van der Waals surface area contributed by atoms with Crippen molar-refractivity contribution in [1.82, 2.24) is 0 Å². The standard InChI is InChI=1S/C18H17Br2NO5/c1-10(2)13-7-12(3-4-16(13)22)26-18-14(19)5-11(6-15(18)20)8-21-25-9-17(23)24/h3-8,10,22H,9H2,1-2H3,(H,23,24). The molecule has 0 radical (unpaired) electrons. The molecule has 0 heterocycles. The molecule has 0 saturated heterocycles.